The first-order valence-corrected chi connectivity index (χ1v) is 9.18. The van der Waals surface area contributed by atoms with Crippen LogP contribution in [0, 0.1) is 6.92 Å². The van der Waals surface area contributed by atoms with Gasteiger partial charge in [-0.05, 0) is 36.8 Å². The van der Waals surface area contributed by atoms with Crippen molar-refractivity contribution in [2.75, 3.05) is 12.4 Å². The average Bonchev–Trinajstić information content (AvgIpc) is 3.05. The van der Waals surface area contributed by atoms with E-state index in [-0.39, 0.29) is 5.91 Å². The number of anilines is 1. The van der Waals surface area contributed by atoms with Crippen molar-refractivity contribution in [3.63, 3.8) is 0 Å². The van der Waals surface area contributed by atoms with Gasteiger partial charge in [0.25, 0.3) is 0 Å². The zero-order valence-electron chi connectivity index (χ0n) is 15.5. The Morgan fingerprint density at radius 3 is 2.55 bits per heavy atom. The summed E-state index contributed by atoms with van der Waals surface area (Å²) in [5.41, 5.74) is 1.86. The van der Waals surface area contributed by atoms with Gasteiger partial charge in [-0.25, -0.2) is 9.78 Å². The zero-order chi connectivity index (χ0) is 21.0. The molecule has 0 aliphatic heterocycles. The highest BCUT2D eigenvalue weighted by molar-refractivity contribution is 6.35. The molecule has 0 saturated carbocycles. The van der Waals surface area contributed by atoms with Gasteiger partial charge in [0.05, 0.1) is 28.4 Å². The molecule has 3 rings (SSSR count). The van der Waals surface area contributed by atoms with Gasteiger partial charge in [0.1, 0.15) is 5.82 Å². The molecule has 1 amide bonds. The molecule has 0 fully saturated rings. The smallest absolute Gasteiger partial charge is 0.337 e. The van der Waals surface area contributed by atoms with E-state index in [0.29, 0.717) is 32.9 Å². The lowest BCUT2D eigenvalue weighted by molar-refractivity contribution is -0.111. The Morgan fingerprint density at radius 2 is 1.90 bits per heavy atom. The summed E-state index contributed by atoms with van der Waals surface area (Å²) in [6.07, 6.45) is 4.44. The van der Waals surface area contributed by atoms with Gasteiger partial charge in [-0.15, -0.1) is 0 Å². The van der Waals surface area contributed by atoms with Crippen LogP contribution >= 0.6 is 23.2 Å². The number of aryl methyl sites for hydroxylation is 1. The molecule has 0 saturated heterocycles. The van der Waals surface area contributed by atoms with Crippen molar-refractivity contribution in [2.24, 2.45) is 0 Å². The first-order chi connectivity index (χ1) is 13.9. The molecule has 29 heavy (non-hydrogen) atoms. The fraction of sp³-hybridized carbons (Fsp3) is 0.100. The third-order valence-corrected chi connectivity index (χ3v) is 4.32. The van der Waals surface area contributed by atoms with E-state index in [1.165, 1.54) is 24.1 Å². The number of nitrogens with one attached hydrogen (secondary N) is 1. The minimum atomic E-state index is -0.420. The van der Waals surface area contributed by atoms with Crippen LogP contribution in [-0.4, -0.2) is 33.8 Å². The first kappa shape index (κ1) is 20.6. The molecule has 0 bridgehead atoms. The quantitative estimate of drug-likeness (QED) is 0.480. The molecule has 7 nitrogen and oxygen atoms in total. The Hall–Kier alpha value is -3.16. The molecule has 0 aliphatic carbocycles. The number of rotatable bonds is 5. The molecule has 9 heteroatoms. The molecule has 0 spiro atoms. The summed E-state index contributed by atoms with van der Waals surface area (Å²) in [7, 11) is 1.32. The van der Waals surface area contributed by atoms with Crippen LogP contribution in [0.25, 0.3) is 11.9 Å². The van der Waals surface area contributed by atoms with Crippen LogP contribution in [0.1, 0.15) is 21.6 Å². The molecule has 0 aliphatic rings. The highest BCUT2D eigenvalue weighted by atomic mass is 35.5. The number of carbonyl (C=O) groups excluding carboxylic acids is 2. The number of amides is 1. The van der Waals surface area contributed by atoms with Crippen LogP contribution in [0.15, 0.2) is 48.7 Å². The third-order valence-electron chi connectivity index (χ3n) is 3.83. The van der Waals surface area contributed by atoms with Gasteiger partial charge in [-0.2, -0.15) is 9.78 Å². The van der Waals surface area contributed by atoms with E-state index >= 15 is 0 Å². The summed E-state index contributed by atoms with van der Waals surface area (Å²) in [5, 5.41) is 7.77. The summed E-state index contributed by atoms with van der Waals surface area (Å²) >= 11 is 12.1. The van der Waals surface area contributed by atoms with Gasteiger partial charge >= 0.3 is 5.97 Å². The molecule has 1 aromatic carbocycles. The van der Waals surface area contributed by atoms with Gasteiger partial charge in [0, 0.05) is 18.3 Å². The Kier molecular flexibility index (Phi) is 6.31. The maximum Gasteiger partial charge on any atom is 0.337 e. The molecule has 1 N–H and O–H groups in total. The van der Waals surface area contributed by atoms with Gasteiger partial charge in [-0.3, -0.25) is 4.79 Å². The van der Waals surface area contributed by atoms with Crippen molar-refractivity contribution in [3.8, 4) is 5.82 Å². The molecule has 2 aromatic heterocycles. The highest BCUT2D eigenvalue weighted by Gasteiger charge is 2.14. The topological polar surface area (TPSA) is 86.1 Å². The first-order valence-electron chi connectivity index (χ1n) is 8.43. The number of hydrogen-bond donors (Lipinski definition) is 1. The highest BCUT2D eigenvalue weighted by Crippen LogP contribution is 2.25. The number of pyridine rings is 1. The molecule has 0 radical (unpaired) electrons. The standard InChI is InChI=1S/C20H16Cl2N4O3/c1-12-9-17(26(25-12)19-16(22)10-15(21)11-23-19)24-18(27)8-5-13-3-6-14(7-4-13)20(28)29-2/h3-11H,1-2H3,(H,24,27)/b8-5+. The lowest BCUT2D eigenvalue weighted by atomic mass is 10.1. The Bertz CT molecular complexity index is 1090. The molecular formula is C20H16Cl2N4O3. The Labute approximate surface area is 176 Å². The van der Waals surface area contributed by atoms with Crippen LogP contribution in [0.4, 0.5) is 5.82 Å². The number of halogens is 2. The lowest BCUT2D eigenvalue weighted by Crippen LogP contribution is -2.13. The summed E-state index contributed by atoms with van der Waals surface area (Å²) in [6.45, 7) is 1.79. The van der Waals surface area contributed by atoms with Crippen molar-refractivity contribution < 1.29 is 14.3 Å². The number of ether oxygens (including phenoxy) is 1. The lowest BCUT2D eigenvalue weighted by Gasteiger charge is -2.08. The minimum Gasteiger partial charge on any atom is -0.465 e. The number of hydrogen-bond acceptors (Lipinski definition) is 5. The van der Waals surface area contributed by atoms with Crippen LogP contribution in [-0.2, 0) is 9.53 Å². The van der Waals surface area contributed by atoms with Crippen LogP contribution in [0.5, 0.6) is 0 Å². The van der Waals surface area contributed by atoms with E-state index < -0.39 is 5.97 Å². The van der Waals surface area contributed by atoms with E-state index in [9.17, 15) is 9.59 Å². The SMILES string of the molecule is COC(=O)c1ccc(/C=C/C(=O)Nc2cc(C)nn2-c2ncc(Cl)cc2Cl)cc1. The van der Waals surface area contributed by atoms with E-state index in [0.717, 1.165) is 5.56 Å². The third kappa shape index (κ3) is 5.01. The van der Waals surface area contributed by atoms with E-state index in [1.54, 1.807) is 49.4 Å². The summed E-state index contributed by atoms with van der Waals surface area (Å²) in [5.74, 6) is -0.0265. The van der Waals surface area contributed by atoms with Crippen LogP contribution in [0.2, 0.25) is 10.0 Å². The largest absolute Gasteiger partial charge is 0.465 e. The second kappa shape index (κ2) is 8.89. The Balaban J connectivity index is 1.76. The monoisotopic (exact) mass is 430 g/mol. The summed E-state index contributed by atoms with van der Waals surface area (Å²) in [6, 6.07) is 9.91. The van der Waals surface area contributed by atoms with E-state index in [2.05, 4.69) is 20.1 Å². The second-order valence-corrected chi connectivity index (χ2v) is 6.82. The van der Waals surface area contributed by atoms with Crippen LogP contribution in [0.3, 0.4) is 0 Å². The van der Waals surface area contributed by atoms with Crippen molar-refractivity contribution >= 4 is 47.0 Å². The Morgan fingerprint density at radius 1 is 1.17 bits per heavy atom. The number of esters is 1. The molecule has 0 atom stereocenters. The zero-order valence-corrected chi connectivity index (χ0v) is 17.0. The maximum absolute atomic E-state index is 12.4. The number of aromatic nitrogens is 3. The van der Waals surface area contributed by atoms with Crippen molar-refractivity contribution in [3.05, 3.63) is 75.5 Å². The van der Waals surface area contributed by atoms with Crippen molar-refractivity contribution in [1.29, 1.82) is 0 Å². The van der Waals surface area contributed by atoms with Gasteiger partial charge in [0.2, 0.25) is 5.91 Å². The van der Waals surface area contributed by atoms with Crippen molar-refractivity contribution in [2.45, 2.75) is 6.92 Å². The van der Waals surface area contributed by atoms with E-state index in [4.69, 9.17) is 23.2 Å². The van der Waals surface area contributed by atoms with Crippen molar-refractivity contribution in [1.82, 2.24) is 14.8 Å². The number of benzene rings is 1. The number of carbonyl (C=O) groups is 2. The molecule has 3 aromatic rings. The molecular weight excluding hydrogens is 415 g/mol. The molecule has 148 valence electrons. The van der Waals surface area contributed by atoms with Gasteiger partial charge in [-0.1, -0.05) is 35.3 Å². The molecule has 2 heterocycles. The molecule has 0 unspecified atom stereocenters. The number of methoxy groups -OCH3 is 1. The number of nitrogens with zero attached hydrogens (tertiary/aromatic N) is 3. The van der Waals surface area contributed by atoms with Crippen LogP contribution < -0.4 is 5.32 Å². The normalized spacial score (nSPS) is 10.9. The fourth-order valence-corrected chi connectivity index (χ4v) is 2.96. The summed E-state index contributed by atoms with van der Waals surface area (Å²) < 4.78 is 6.09. The van der Waals surface area contributed by atoms with Gasteiger partial charge < -0.3 is 10.1 Å². The second-order valence-electron chi connectivity index (χ2n) is 5.98. The minimum absolute atomic E-state index is 0.303. The van der Waals surface area contributed by atoms with Gasteiger partial charge in [0.15, 0.2) is 5.82 Å². The maximum atomic E-state index is 12.4. The average molecular weight is 431 g/mol. The summed E-state index contributed by atoms with van der Waals surface area (Å²) in [4.78, 5) is 28.0. The predicted octanol–water partition coefficient (Wildman–Crippen LogP) is 4.32. The predicted molar refractivity (Wildman–Crippen MR) is 112 cm³/mol. The van der Waals surface area contributed by atoms with E-state index in [1.807, 2.05) is 0 Å². The fourth-order valence-electron chi connectivity index (χ4n) is 2.50.